The third-order valence-corrected chi connectivity index (χ3v) is 4.90. The smallest absolute Gasteiger partial charge is 0.172 e. The molecule has 0 bridgehead atoms. The first kappa shape index (κ1) is 16.1. The summed E-state index contributed by atoms with van der Waals surface area (Å²) in [7, 11) is 0. The molecule has 1 aromatic rings. The molecule has 5 heteroatoms. The van der Waals surface area contributed by atoms with E-state index in [4.69, 9.17) is 10.9 Å². The first-order chi connectivity index (χ1) is 9.82. The number of oxime groups is 1. The van der Waals surface area contributed by atoms with Gasteiger partial charge in [0.2, 0.25) is 0 Å². The van der Waals surface area contributed by atoms with Crippen LogP contribution in [0.1, 0.15) is 39.2 Å². The lowest BCUT2D eigenvalue weighted by Crippen LogP contribution is -2.39. The maximum Gasteiger partial charge on any atom is 0.172 e. The zero-order valence-electron chi connectivity index (χ0n) is 12.9. The Labute approximate surface area is 135 Å². The van der Waals surface area contributed by atoms with Gasteiger partial charge in [-0.1, -0.05) is 41.9 Å². The molecular formula is C16H24BrN3O. The van der Waals surface area contributed by atoms with Crippen molar-refractivity contribution in [1.82, 2.24) is 0 Å². The Morgan fingerprint density at radius 2 is 1.95 bits per heavy atom. The van der Waals surface area contributed by atoms with Crippen molar-refractivity contribution >= 4 is 27.5 Å². The summed E-state index contributed by atoms with van der Waals surface area (Å²) in [5.74, 6) is 0.906. The van der Waals surface area contributed by atoms with Crippen LogP contribution in [0.15, 0.2) is 27.8 Å². The first-order valence-electron chi connectivity index (χ1n) is 7.35. The zero-order chi connectivity index (χ0) is 15.6. The van der Waals surface area contributed by atoms with Crippen LogP contribution in [-0.4, -0.2) is 24.1 Å². The van der Waals surface area contributed by atoms with Crippen molar-refractivity contribution in [3.8, 4) is 0 Å². The van der Waals surface area contributed by atoms with Gasteiger partial charge in [-0.05, 0) is 42.4 Å². The summed E-state index contributed by atoms with van der Waals surface area (Å²) in [5, 5.41) is 12.1. The standard InChI is InChI=1S/C16H24BrN3O/c1-16(2,3)11-6-8-20(9-7-11)14-10-12(17)4-5-13(14)15(18)19-21/h4-5,10-11,21H,6-9H2,1-3H3,(H2,18,19). The van der Waals surface area contributed by atoms with Crippen molar-refractivity contribution in [2.45, 2.75) is 33.6 Å². The number of anilines is 1. The van der Waals surface area contributed by atoms with E-state index < -0.39 is 0 Å². The van der Waals surface area contributed by atoms with E-state index in [-0.39, 0.29) is 5.84 Å². The molecule has 1 aromatic carbocycles. The molecule has 2 rings (SSSR count). The number of nitrogens with two attached hydrogens (primary N) is 1. The molecule has 1 saturated heterocycles. The second-order valence-electron chi connectivity index (χ2n) is 6.77. The van der Waals surface area contributed by atoms with E-state index in [1.165, 1.54) is 12.8 Å². The highest BCUT2D eigenvalue weighted by Gasteiger charge is 2.29. The molecule has 4 nitrogen and oxygen atoms in total. The number of hydrogen-bond acceptors (Lipinski definition) is 3. The fourth-order valence-corrected chi connectivity index (χ4v) is 3.37. The van der Waals surface area contributed by atoms with Crippen LogP contribution >= 0.6 is 15.9 Å². The zero-order valence-corrected chi connectivity index (χ0v) is 14.5. The number of halogens is 1. The van der Waals surface area contributed by atoms with Gasteiger partial charge in [0.25, 0.3) is 0 Å². The molecule has 0 atom stereocenters. The van der Waals surface area contributed by atoms with Gasteiger partial charge in [0, 0.05) is 28.8 Å². The average Bonchev–Trinajstić information content (AvgIpc) is 2.45. The van der Waals surface area contributed by atoms with Gasteiger partial charge in [0.05, 0.1) is 0 Å². The van der Waals surface area contributed by atoms with Crippen LogP contribution in [0.3, 0.4) is 0 Å². The van der Waals surface area contributed by atoms with E-state index in [1.807, 2.05) is 18.2 Å². The van der Waals surface area contributed by atoms with Crippen LogP contribution in [0.4, 0.5) is 5.69 Å². The molecule has 21 heavy (non-hydrogen) atoms. The molecule has 1 heterocycles. The van der Waals surface area contributed by atoms with E-state index >= 15 is 0 Å². The summed E-state index contributed by atoms with van der Waals surface area (Å²) < 4.78 is 1.00. The molecule has 0 spiro atoms. The Balaban J connectivity index is 2.22. The summed E-state index contributed by atoms with van der Waals surface area (Å²) >= 11 is 3.51. The van der Waals surface area contributed by atoms with E-state index in [1.54, 1.807) is 0 Å². The Bertz CT molecular complexity index is 529. The molecule has 3 N–H and O–H groups in total. The minimum Gasteiger partial charge on any atom is -0.409 e. The fraction of sp³-hybridized carbons (Fsp3) is 0.562. The normalized spacial score (nSPS) is 18.1. The lowest BCUT2D eigenvalue weighted by Gasteiger charge is -2.40. The van der Waals surface area contributed by atoms with E-state index in [0.29, 0.717) is 5.41 Å². The Hall–Kier alpha value is -1.23. The highest BCUT2D eigenvalue weighted by molar-refractivity contribution is 9.10. The number of hydrogen-bond donors (Lipinski definition) is 2. The lowest BCUT2D eigenvalue weighted by molar-refractivity contribution is 0.199. The molecule has 0 aliphatic carbocycles. The summed E-state index contributed by atoms with van der Waals surface area (Å²) in [6, 6.07) is 5.86. The summed E-state index contributed by atoms with van der Waals surface area (Å²) in [4.78, 5) is 2.33. The van der Waals surface area contributed by atoms with Crippen molar-refractivity contribution < 1.29 is 5.21 Å². The molecule has 1 fully saturated rings. The van der Waals surface area contributed by atoms with E-state index in [2.05, 4.69) is 46.8 Å². The number of amidine groups is 1. The monoisotopic (exact) mass is 353 g/mol. The number of benzene rings is 1. The maximum absolute atomic E-state index is 8.96. The van der Waals surface area contributed by atoms with Crippen LogP contribution in [0.2, 0.25) is 0 Å². The second kappa shape index (κ2) is 6.26. The van der Waals surface area contributed by atoms with E-state index in [9.17, 15) is 0 Å². The first-order valence-corrected chi connectivity index (χ1v) is 8.14. The van der Waals surface area contributed by atoms with Crippen molar-refractivity contribution in [3.63, 3.8) is 0 Å². The SMILES string of the molecule is CC(C)(C)C1CCN(c2cc(Br)ccc2/C(N)=N/O)CC1. The quantitative estimate of drug-likeness (QED) is 0.367. The number of nitrogens with zero attached hydrogens (tertiary/aromatic N) is 2. The summed E-state index contributed by atoms with van der Waals surface area (Å²) in [5.41, 5.74) is 7.99. The predicted molar refractivity (Wildman–Crippen MR) is 91.0 cm³/mol. The molecule has 116 valence electrons. The van der Waals surface area contributed by atoms with Crippen LogP contribution in [0, 0.1) is 11.3 Å². The van der Waals surface area contributed by atoms with Gasteiger partial charge in [-0.2, -0.15) is 0 Å². The average molecular weight is 354 g/mol. The number of piperidine rings is 1. The molecular weight excluding hydrogens is 330 g/mol. The van der Waals surface area contributed by atoms with Crippen LogP contribution in [0.25, 0.3) is 0 Å². The third kappa shape index (κ3) is 3.70. The molecule has 1 aliphatic heterocycles. The molecule has 0 aromatic heterocycles. The lowest BCUT2D eigenvalue weighted by atomic mass is 9.75. The highest BCUT2D eigenvalue weighted by Crippen LogP contribution is 2.36. The van der Waals surface area contributed by atoms with Gasteiger partial charge in [-0.15, -0.1) is 0 Å². The topological polar surface area (TPSA) is 61.8 Å². The Morgan fingerprint density at radius 3 is 2.48 bits per heavy atom. The van der Waals surface area contributed by atoms with Gasteiger partial charge in [0.15, 0.2) is 5.84 Å². The van der Waals surface area contributed by atoms with E-state index in [0.717, 1.165) is 34.7 Å². The van der Waals surface area contributed by atoms with Gasteiger partial charge in [-0.25, -0.2) is 0 Å². The maximum atomic E-state index is 8.96. The second-order valence-corrected chi connectivity index (χ2v) is 7.69. The fourth-order valence-electron chi connectivity index (χ4n) is 3.02. The van der Waals surface area contributed by atoms with Crippen molar-refractivity contribution in [2.24, 2.45) is 22.2 Å². The molecule has 0 amide bonds. The van der Waals surface area contributed by atoms with Crippen molar-refractivity contribution in [1.29, 1.82) is 0 Å². The Kier molecular flexibility index (Phi) is 4.81. The summed E-state index contributed by atoms with van der Waals surface area (Å²) in [6.45, 7) is 8.95. The molecule has 1 aliphatic rings. The van der Waals surface area contributed by atoms with Crippen molar-refractivity contribution in [3.05, 3.63) is 28.2 Å². The largest absolute Gasteiger partial charge is 0.409 e. The molecule has 0 saturated carbocycles. The molecule has 0 radical (unpaired) electrons. The van der Waals surface area contributed by atoms with Crippen LogP contribution in [0.5, 0.6) is 0 Å². The highest BCUT2D eigenvalue weighted by atomic mass is 79.9. The third-order valence-electron chi connectivity index (χ3n) is 4.40. The number of rotatable bonds is 2. The van der Waals surface area contributed by atoms with Gasteiger partial charge < -0.3 is 15.8 Å². The van der Waals surface area contributed by atoms with Gasteiger partial charge >= 0.3 is 0 Å². The minimum absolute atomic E-state index is 0.162. The minimum atomic E-state index is 0.162. The molecule has 0 unspecified atom stereocenters. The van der Waals surface area contributed by atoms with Gasteiger partial charge in [-0.3, -0.25) is 0 Å². The predicted octanol–water partition coefficient (Wildman–Crippen LogP) is 3.81. The van der Waals surface area contributed by atoms with Gasteiger partial charge in [0.1, 0.15) is 0 Å². The van der Waals surface area contributed by atoms with Crippen LogP contribution < -0.4 is 10.6 Å². The van der Waals surface area contributed by atoms with Crippen LogP contribution in [-0.2, 0) is 0 Å². The summed E-state index contributed by atoms with van der Waals surface area (Å²) in [6.07, 6.45) is 2.34. The Morgan fingerprint density at radius 1 is 1.33 bits per heavy atom. The van der Waals surface area contributed by atoms with Crippen molar-refractivity contribution in [2.75, 3.05) is 18.0 Å².